The minimum atomic E-state index is -0.781. The molecule has 1 saturated heterocycles. The van der Waals surface area contributed by atoms with E-state index in [0.717, 1.165) is 16.7 Å². The summed E-state index contributed by atoms with van der Waals surface area (Å²) < 4.78 is 18.6. The summed E-state index contributed by atoms with van der Waals surface area (Å²) >= 11 is 5.97. The molecule has 2 N–H and O–H groups in total. The van der Waals surface area contributed by atoms with E-state index in [2.05, 4.69) is 15.3 Å². The van der Waals surface area contributed by atoms with Crippen LogP contribution in [-0.2, 0) is 20.8 Å². The number of aromatic nitrogens is 3. The molecular formula is C18H27ClN4O4. The van der Waals surface area contributed by atoms with Gasteiger partial charge in [0, 0.05) is 31.8 Å². The van der Waals surface area contributed by atoms with Crippen LogP contribution in [0.3, 0.4) is 0 Å². The zero-order valence-corrected chi connectivity index (χ0v) is 17.0. The van der Waals surface area contributed by atoms with Gasteiger partial charge >= 0.3 is 0 Å². The third-order valence-electron chi connectivity index (χ3n) is 4.29. The Kier molecular flexibility index (Phi) is 6.05. The molecule has 9 heteroatoms. The van der Waals surface area contributed by atoms with Crippen LogP contribution >= 0.6 is 11.6 Å². The van der Waals surface area contributed by atoms with Crippen molar-refractivity contribution in [3.63, 3.8) is 0 Å². The number of ether oxygens (including phenoxy) is 3. The molecule has 1 aliphatic rings. The number of fused-ring (bicyclic) bond motifs is 1. The van der Waals surface area contributed by atoms with Gasteiger partial charge in [-0.1, -0.05) is 0 Å². The van der Waals surface area contributed by atoms with Crippen LogP contribution in [0, 0.1) is 0 Å². The quantitative estimate of drug-likeness (QED) is 0.400. The fourth-order valence-electron chi connectivity index (χ4n) is 3.11. The summed E-state index contributed by atoms with van der Waals surface area (Å²) in [5, 5.41) is 14.5. The minimum Gasteiger partial charge on any atom is -0.376 e. The fourth-order valence-corrected chi connectivity index (χ4v) is 3.24. The molecule has 150 valence electrons. The Balaban J connectivity index is 1.70. The molecule has 2 aromatic rings. The fraction of sp³-hybridized carbons (Fsp3) is 0.667. The van der Waals surface area contributed by atoms with Crippen LogP contribution in [0.2, 0.25) is 5.28 Å². The molecule has 2 aromatic heterocycles. The molecule has 0 amide bonds. The van der Waals surface area contributed by atoms with Gasteiger partial charge in [0.15, 0.2) is 12.4 Å². The molecule has 3 rings (SSSR count). The van der Waals surface area contributed by atoms with Crippen molar-refractivity contribution < 1.29 is 19.3 Å². The van der Waals surface area contributed by atoms with Crippen molar-refractivity contribution in [2.45, 2.75) is 64.6 Å². The van der Waals surface area contributed by atoms with Crippen molar-refractivity contribution in [2.24, 2.45) is 0 Å². The van der Waals surface area contributed by atoms with Crippen molar-refractivity contribution in [3.05, 3.63) is 23.2 Å². The number of aliphatic hydroxyl groups excluding tert-OH is 1. The average molecular weight is 399 g/mol. The van der Waals surface area contributed by atoms with Gasteiger partial charge in [0.05, 0.1) is 17.4 Å². The predicted octanol–water partition coefficient (Wildman–Crippen LogP) is 2.24. The number of nitrogens with zero attached hydrogens (tertiary/aromatic N) is 3. The first-order chi connectivity index (χ1) is 12.7. The first-order valence-electron chi connectivity index (χ1n) is 8.99. The van der Waals surface area contributed by atoms with E-state index in [1.54, 1.807) is 13.3 Å². The van der Waals surface area contributed by atoms with Crippen LogP contribution in [0.15, 0.2) is 12.3 Å². The van der Waals surface area contributed by atoms with Crippen LogP contribution in [0.4, 0.5) is 0 Å². The molecule has 3 heterocycles. The lowest BCUT2D eigenvalue weighted by molar-refractivity contribution is -0.110. The molecule has 1 fully saturated rings. The molecule has 0 spiro atoms. The highest BCUT2D eigenvalue weighted by Crippen LogP contribution is 2.41. The second-order valence-corrected chi connectivity index (χ2v) is 7.97. The number of halogens is 1. The van der Waals surface area contributed by atoms with E-state index in [9.17, 15) is 5.11 Å². The van der Waals surface area contributed by atoms with Gasteiger partial charge in [-0.3, -0.25) is 5.32 Å². The second kappa shape index (κ2) is 7.98. The van der Waals surface area contributed by atoms with Crippen molar-refractivity contribution in [1.29, 1.82) is 0 Å². The predicted molar refractivity (Wildman–Crippen MR) is 101 cm³/mol. The highest BCUT2D eigenvalue weighted by Gasteiger charge is 2.43. The largest absolute Gasteiger partial charge is 0.376 e. The van der Waals surface area contributed by atoms with Gasteiger partial charge in [-0.05, 0) is 45.4 Å². The lowest BCUT2D eigenvalue weighted by Crippen LogP contribution is -2.44. The number of hydrogen-bond donors (Lipinski definition) is 2. The van der Waals surface area contributed by atoms with Gasteiger partial charge in [0.2, 0.25) is 5.28 Å². The third kappa shape index (κ3) is 4.96. The van der Waals surface area contributed by atoms with Gasteiger partial charge in [-0.2, -0.15) is 4.98 Å². The normalized spacial score (nSPS) is 22.2. The Morgan fingerprint density at radius 2 is 2.19 bits per heavy atom. The zero-order valence-electron chi connectivity index (χ0n) is 16.3. The van der Waals surface area contributed by atoms with Crippen molar-refractivity contribution in [3.8, 4) is 0 Å². The summed E-state index contributed by atoms with van der Waals surface area (Å²) in [6.45, 7) is 8.80. The molecule has 4 atom stereocenters. The number of aliphatic hydroxyl groups is 1. The summed E-state index contributed by atoms with van der Waals surface area (Å²) in [6.07, 6.45) is 0.173. The van der Waals surface area contributed by atoms with Gasteiger partial charge in [0.25, 0.3) is 0 Å². The van der Waals surface area contributed by atoms with Gasteiger partial charge in [-0.15, -0.1) is 0 Å². The van der Waals surface area contributed by atoms with Gasteiger partial charge in [-0.25, -0.2) is 4.98 Å². The lowest BCUT2D eigenvalue weighted by atomic mass is 10.2. The summed E-state index contributed by atoms with van der Waals surface area (Å²) in [7, 11) is 1.61. The summed E-state index contributed by atoms with van der Waals surface area (Å²) in [5.41, 5.74) is 1.35. The Morgan fingerprint density at radius 1 is 1.44 bits per heavy atom. The SMILES string of the molecule is COC1OC1c1cc2cnc(Cl)nc2n1CCNC(O)C(C)OC(C)(C)C. The molecule has 0 saturated carbocycles. The van der Waals surface area contributed by atoms with E-state index >= 15 is 0 Å². The molecule has 8 nitrogen and oxygen atoms in total. The van der Waals surface area contributed by atoms with Crippen molar-refractivity contribution in [2.75, 3.05) is 13.7 Å². The minimum absolute atomic E-state index is 0.143. The van der Waals surface area contributed by atoms with Crippen LogP contribution in [-0.4, -0.2) is 57.5 Å². The monoisotopic (exact) mass is 398 g/mol. The number of epoxide rings is 1. The van der Waals surface area contributed by atoms with E-state index in [1.165, 1.54) is 0 Å². The molecular weight excluding hydrogens is 372 g/mol. The topological polar surface area (TPSA) is 94.0 Å². The van der Waals surface area contributed by atoms with Crippen LogP contribution in [0.1, 0.15) is 39.5 Å². The molecule has 0 aliphatic carbocycles. The standard InChI is InChI=1S/C18H27ClN4O4/c1-10(27-18(2,3)4)15(24)20-6-7-23-12(13-16(25-5)26-13)8-11-9-21-17(19)22-14(11)23/h8-10,13,15-16,20,24H,6-7H2,1-5H3. The number of hydrogen-bond acceptors (Lipinski definition) is 7. The number of methoxy groups -OCH3 is 1. The second-order valence-electron chi connectivity index (χ2n) is 7.63. The zero-order chi connectivity index (χ0) is 19.8. The highest BCUT2D eigenvalue weighted by atomic mass is 35.5. The smallest absolute Gasteiger partial charge is 0.224 e. The maximum atomic E-state index is 10.3. The maximum Gasteiger partial charge on any atom is 0.224 e. The van der Waals surface area contributed by atoms with Crippen LogP contribution in [0.25, 0.3) is 11.0 Å². The molecule has 27 heavy (non-hydrogen) atoms. The van der Waals surface area contributed by atoms with Crippen molar-refractivity contribution in [1.82, 2.24) is 19.9 Å². The van der Waals surface area contributed by atoms with Gasteiger partial charge < -0.3 is 23.9 Å². The Labute approximate surface area is 163 Å². The van der Waals surface area contributed by atoms with E-state index < -0.39 is 6.23 Å². The molecule has 0 bridgehead atoms. The molecule has 1 aliphatic heterocycles. The first-order valence-corrected chi connectivity index (χ1v) is 9.36. The van der Waals surface area contributed by atoms with E-state index in [-0.39, 0.29) is 29.4 Å². The molecule has 0 radical (unpaired) electrons. The molecule has 0 aromatic carbocycles. The first kappa shape index (κ1) is 20.4. The maximum absolute atomic E-state index is 10.3. The Hall–Kier alpha value is -1.29. The lowest BCUT2D eigenvalue weighted by Gasteiger charge is -2.28. The number of nitrogens with one attached hydrogen (secondary N) is 1. The third-order valence-corrected chi connectivity index (χ3v) is 4.47. The highest BCUT2D eigenvalue weighted by molar-refractivity contribution is 6.28. The van der Waals surface area contributed by atoms with E-state index in [4.69, 9.17) is 25.8 Å². The Morgan fingerprint density at radius 3 is 2.81 bits per heavy atom. The van der Waals surface area contributed by atoms with Gasteiger partial charge in [0.1, 0.15) is 11.9 Å². The number of rotatable bonds is 8. The summed E-state index contributed by atoms with van der Waals surface area (Å²) in [5.74, 6) is 0. The molecule has 4 unspecified atom stereocenters. The van der Waals surface area contributed by atoms with Crippen LogP contribution in [0.5, 0.6) is 0 Å². The summed E-state index contributed by atoms with van der Waals surface area (Å²) in [6, 6.07) is 1.98. The van der Waals surface area contributed by atoms with Crippen LogP contribution < -0.4 is 5.32 Å². The Bertz CT molecular complexity index is 791. The average Bonchev–Trinajstić information content (AvgIpc) is 3.28. The summed E-state index contributed by atoms with van der Waals surface area (Å²) in [4.78, 5) is 8.39. The van der Waals surface area contributed by atoms with E-state index in [1.807, 2.05) is 38.3 Å². The van der Waals surface area contributed by atoms with E-state index in [0.29, 0.717) is 13.1 Å². The van der Waals surface area contributed by atoms with Crippen molar-refractivity contribution >= 4 is 22.6 Å².